The summed E-state index contributed by atoms with van der Waals surface area (Å²) in [6, 6.07) is 0.662. The molecule has 0 aliphatic carbocycles. The van der Waals surface area contributed by atoms with Gasteiger partial charge in [0.15, 0.2) is 0 Å². The average molecular weight is 231 g/mol. The first-order chi connectivity index (χ1) is 7.34. The van der Waals surface area contributed by atoms with Gasteiger partial charge in [0, 0.05) is 25.0 Å². The van der Waals surface area contributed by atoms with Gasteiger partial charge in [0.1, 0.15) is 0 Å². The molecule has 0 bridgehead atoms. The van der Waals surface area contributed by atoms with E-state index in [9.17, 15) is 0 Å². The smallest absolute Gasteiger partial charge is 0.0404 e. The lowest BCUT2D eigenvalue weighted by atomic mass is 10.1. The van der Waals surface area contributed by atoms with Gasteiger partial charge >= 0.3 is 0 Å². The van der Waals surface area contributed by atoms with Gasteiger partial charge in [-0.05, 0) is 32.9 Å². The second-order valence-electron chi connectivity index (χ2n) is 4.23. The van der Waals surface area contributed by atoms with E-state index >= 15 is 0 Å². The molecule has 1 aliphatic heterocycles. The summed E-state index contributed by atoms with van der Waals surface area (Å²) in [5.41, 5.74) is 0. The molecule has 0 aromatic carbocycles. The number of allylic oxidation sites excluding steroid dienone is 1. The molecule has 15 heavy (non-hydrogen) atoms. The number of hydrogen-bond acceptors (Lipinski definition) is 2. The number of alkyl halides is 1. The van der Waals surface area contributed by atoms with Crippen molar-refractivity contribution < 1.29 is 0 Å². The highest BCUT2D eigenvalue weighted by atomic mass is 35.5. The number of rotatable bonds is 6. The van der Waals surface area contributed by atoms with Crippen molar-refractivity contribution in [2.45, 2.75) is 32.2 Å². The third kappa shape index (κ3) is 5.55. The van der Waals surface area contributed by atoms with Crippen molar-refractivity contribution in [3.8, 4) is 0 Å². The van der Waals surface area contributed by atoms with Crippen LogP contribution in [-0.2, 0) is 0 Å². The highest BCUT2D eigenvalue weighted by Crippen LogP contribution is 2.11. The van der Waals surface area contributed by atoms with Crippen LogP contribution in [0.2, 0.25) is 0 Å². The van der Waals surface area contributed by atoms with Crippen LogP contribution in [0.15, 0.2) is 12.2 Å². The van der Waals surface area contributed by atoms with E-state index in [0.717, 1.165) is 13.1 Å². The molecule has 1 fully saturated rings. The summed E-state index contributed by atoms with van der Waals surface area (Å²) in [7, 11) is 0. The molecule has 0 radical (unpaired) electrons. The SMILES string of the molecule is CC(CNC/C=C/CCl)N1CCCCC1. The maximum atomic E-state index is 5.54. The third-order valence-corrected chi connectivity index (χ3v) is 3.15. The number of hydrogen-bond donors (Lipinski definition) is 1. The predicted molar refractivity (Wildman–Crippen MR) is 67.6 cm³/mol. The minimum atomic E-state index is 0.614. The average Bonchev–Trinajstić information content (AvgIpc) is 2.30. The lowest BCUT2D eigenvalue weighted by Crippen LogP contribution is -2.43. The summed E-state index contributed by atoms with van der Waals surface area (Å²) >= 11 is 5.54. The highest BCUT2D eigenvalue weighted by molar-refractivity contribution is 6.18. The van der Waals surface area contributed by atoms with Gasteiger partial charge in [0.25, 0.3) is 0 Å². The first-order valence-corrected chi connectivity index (χ1v) is 6.53. The van der Waals surface area contributed by atoms with Crippen LogP contribution < -0.4 is 5.32 Å². The van der Waals surface area contributed by atoms with Crippen molar-refractivity contribution >= 4 is 11.6 Å². The summed E-state index contributed by atoms with van der Waals surface area (Å²) in [5, 5.41) is 3.43. The van der Waals surface area contributed by atoms with E-state index in [1.54, 1.807) is 0 Å². The normalized spacial score (nSPS) is 20.9. The quantitative estimate of drug-likeness (QED) is 0.428. The van der Waals surface area contributed by atoms with Gasteiger partial charge < -0.3 is 5.32 Å². The van der Waals surface area contributed by atoms with Gasteiger partial charge in [-0.2, -0.15) is 0 Å². The molecule has 0 aromatic rings. The molecule has 0 amide bonds. The van der Waals surface area contributed by atoms with Crippen LogP contribution in [0.1, 0.15) is 26.2 Å². The molecule has 0 spiro atoms. The van der Waals surface area contributed by atoms with Crippen LogP contribution in [0.5, 0.6) is 0 Å². The van der Waals surface area contributed by atoms with E-state index < -0.39 is 0 Å². The van der Waals surface area contributed by atoms with Crippen LogP contribution in [0.25, 0.3) is 0 Å². The number of piperidine rings is 1. The molecular weight excluding hydrogens is 208 g/mol. The Balaban J connectivity index is 2.06. The monoisotopic (exact) mass is 230 g/mol. The van der Waals surface area contributed by atoms with E-state index in [4.69, 9.17) is 11.6 Å². The van der Waals surface area contributed by atoms with E-state index in [1.165, 1.54) is 32.4 Å². The van der Waals surface area contributed by atoms with E-state index in [2.05, 4.69) is 23.2 Å². The van der Waals surface area contributed by atoms with Gasteiger partial charge in [-0.3, -0.25) is 4.90 Å². The third-order valence-electron chi connectivity index (χ3n) is 2.97. The van der Waals surface area contributed by atoms with Crippen molar-refractivity contribution in [2.24, 2.45) is 0 Å². The van der Waals surface area contributed by atoms with Crippen molar-refractivity contribution in [3.63, 3.8) is 0 Å². The van der Waals surface area contributed by atoms with Crippen molar-refractivity contribution in [1.29, 1.82) is 0 Å². The number of nitrogens with one attached hydrogen (secondary N) is 1. The van der Waals surface area contributed by atoms with Crippen LogP contribution in [0.4, 0.5) is 0 Å². The van der Waals surface area contributed by atoms with Gasteiger partial charge in [0.2, 0.25) is 0 Å². The standard InChI is InChI=1S/C12H23ClN2/c1-12(11-14-8-4-3-7-13)15-9-5-2-6-10-15/h3-4,12,14H,2,5-11H2,1H3/b4-3+. The second kappa shape index (κ2) is 8.14. The molecule has 1 atom stereocenters. The zero-order valence-corrected chi connectivity index (χ0v) is 10.5. The summed E-state index contributed by atoms with van der Waals surface area (Å²) in [4.78, 5) is 2.59. The fourth-order valence-electron chi connectivity index (χ4n) is 2.01. The first kappa shape index (κ1) is 13.0. The first-order valence-electron chi connectivity index (χ1n) is 6.00. The summed E-state index contributed by atoms with van der Waals surface area (Å²) < 4.78 is 0. The fourth-order valence-corrected chi connectivity index (χ4v) is 2.14. The Labute approximate surface area is 98.7 Å². The Morgan fingerprint density at radius 2 is 2.00 bits per heavy atom. The second-order valence-corrected chi connectivity index (χ2v) is 4.54. The summed E-state index contributed by atoms with van der Waals surface area (Å²) in [6.45, 7) is 6.88. The Morgan fingerprint density at radius 3 is 2.67 bits per heavy atom. The number of nitrogens with zero attached hydrogens (tertiary/aromatic N) is 1. The maximum absolute atomic E-state index is 5.54. The van der Waals surface area contributed by atoms with Crippen LogP contribution >= 0.6 is 11.6 Å². The number of halogens is 1. The van der Waals surface area contributed by atoms with Crippen molar-refractivity contribution in [3.05, 3.63) is 12.2 Å². The molecule has 3 heteroatoms. The van der Waals surface area contributed by atoms with E-state index in [0.29, 0.717) is 11.9 Å². The van der Waals surface area contributed by atoms with Crippen molar-refractivity contribution in [1.82, 2.24) is 10.2 Å². The molecule has 1 N–H and O–H groups in total. The molecule has 1 aliphatic rings. The zero-order valence-electron chi connectivity index (χ0n) is 9.71. The van der Waals surface area contributed by atoms with Crippen molar-refractivity contribution in [2.75, 3.05) is 32.1 Å². The molecule has 2 nitrogen and oxygen atoms in total. The van der Waals surface area contributed by atoms with Crippen LogP contribution in [0.3, 0.4) is 0 Å². The predicted octanol–water partition coefficient (Wildman–Crippen LogP) is 2.25. The summed E-state index contributed by atoms with van der Waals surface area (Å²) in [6.07, 6.45) is 8.23. The molecule has 0 aromatic heterocycles. The molecule has 1 unspecified atom stereocenters. The van der Waals surface area contributed by atoms with E-state index in [-0.39, 0.29) is 0 Å². The Kier molecular flexibility index (Phi) is 7.07. The Hall–Kier alpha value is -0.0500. The zero-order chi connectivity index (χ0) is 10.9. The van der Waals surface area contributed by atoms with Gasteiger partial charge in [-0.25, -0.2) is 0 Å². The lowest BCUT2D eigenvalue weighted by Gasteiger charge is -2.32. The fraction of sp³-hybridized carbons (Fsp3) is 0.833. The molecule has 1 saturated heterocycles. The van der Waals surface area contributed by atoms with E-state index in [1.807, 2.05) is 6.08 Å². The minimum Gasteiger partial charge on any atom is -0.312 e. The summed E-state index contributed by atoms with van der Waals surface area (Å²) in [5.74, 6) is 0.614. The topological polar surface area (TPSA) is 15.3 Å². The lowest BCUT2D eigenvalue weighted by molar-refractivity contribution is 0.172. The Morgan fingerprint density at radius 1 is 1.27 bits per heavy atom. The van der Waals surface area contributed by atoms with Crippen LogP contribution in [-0.4, -0.2) is 43.0 Å². The molecule has 0 saturated carbocycles. The molecular formula is C12H23ClN2. The molecule has 1 heterocycles. The maximum Gasteiger partial charge on any atom is 0.0404 e. The van der Waals surface area contributed by atoms with Crippen LogP contribution in [0, 0.1) is 0 Å². The Bertz CT molecular complexity index is 176. The van der Waals surface area contributed by atoms with Gasteiger partial charge in [-0.15, -0.1) is 11.6 Å². The van der Waals surface area contributed by atoms with Gasteiger partial charge in [-0.1, -0.05) is 18.6 Å². The highest BCUT2D eigenvalue weighted by Gasteiger charge is 2.15. The number of likely N-dealkylation sites (tertiary alicyclic amines) is 1. The largest absolute Gasteiger partial charge is 0.312 e. The molecule has 1 rings (SSSR count). The minimum absolute atomic E-state index is 0.614. The van der Waals surface area contributed by atoms with Gasteiger partial charge in [0.05, 0.1) is 0 Å². The molecule has 88 valence electrons.